The van der Waals surface area contributed by atoms with Crippen molar-refractivity contribution >= 4 is 34.4 Å². The summed E-state index contributed by atoms with van der Waals surface area (Å²) in [5, 5.41) is 14.9. The van der Waals surface area contributed by atoms with Gasteiger partial charge in [0.2, 0.25) is 5.95 Å². The molecular weight excluding hydrogens is 506 g/mol. The topological polar surface area (TPSA) is 106 Å². The van der Waals surface area contributed by atoms with Crippen molar-refractivity contribution < 1.29 is 9.90 Å². The van der Waals surface area contributed by atoms with E-state index < -0.39 is 6.35 Å². The number of pyridine rings is 1. The van der Waals surface area contributed by atoms with Gasteiger partial charge in [-0.15, -0.1) is 0 Å². The third kappa shape index (κ3) is 5.50. The molecule has 3 aromatic rings. The molecule has 3 aromatic heterocycles. The Balaban J connectivity index is 1.13. The fourth-order valence-electron chi connectivity index (χ4n) is 6.35. The number of aliphatic hydroxyl groups excluding tert-OH is 1. The normalized spacial score (nSPS) is 20.2. The van der Waals surface area contributed by atoms with E-state index in [1.54, 1.807) is 25.2 Å². The Bertz CT molecular complexity index is 1310. The molecule has 5 heterocycles. The predicted octanol–water partition coefficient (Wildman–Crippen LogP) is 3.27. The summed E-state index contributed by atoms with van der Waals surface area (Å²) >= 11 is 0. The molecule has 1 aliphatic carbocycles. The van der Waals surface area contributed by atoms with Crippen molar-refractivity contribution in [1.82, 2.24) is 34.2 Å². The third-order valence-electron chi connectivity index (χ3n) is 8.60. The maximum atomic E-state index is 13.0. The number of hydrogen-bond donors (Lipinski definition) is 2. The first-order chi connectivity index (χ1) is 19.5. The van der Waals surface area contributed by atoms with Crippen molar-refractivity contribution in [3.05, 3.63) is 36.3 Å². The number of likely N-dealkylation sites (tertiary alicyclic amines) is 1. The summed E-state index contributed by atoms with van der Waals surface area (Å²) in [5.74, 6) is 1.12. The molecule has 2 aliphatic heterocycles. The van der Waals surface area contributed by atoms with Gasteiger partial charge < -0.3 is 24.8 Å². The largest absolute Gasteiger partial charge is 0.368 e. The van der Waals surface area contributed by atoms with E-state index in [1.807, 2.05) is 18.3 Å². The van der Waals surface area contributed by atoms with Crippen LogP contribution in [0.1, 0.15) is 61.5 Å². The Morgan fingerprint density at radius 3 is 2.35 bits per heavy atom. The van der Waals surface area contributed by atoms with Crippen LogP contribution in [0.5, 0.6) is 0 Å². The number of nitrogens with one attached hydrogen (secondary N) is 1. The van der Waals surface area contributed by atoms with E-state index in [2.05, 4.69) is 40.6 Å². The van der Waals surface area contributed by atoms with Crippen LogP contribution in [0.15, 0.2) is 30.6 Å². The van der Waals surface area contributed by atoms with Crippen LogP contribution in [0.3, 0.4) is 0 Å². The van der Waals surface area contributed by atoms with Gasteiger partial charge in [0.1, 0.15) is 17.2 Å². The third-order valence-corrected chi connectivity index (χ3v) is 8.60. The van der Waals surface area contributed by atoms with E-state index in [0.717, 1.165) is 68.8 Å². The number of rotatable bonds is 7. The van der Waals surface area contributed by atoms with E-state index in [4.69, 9.17) is 4.98 Å². The monoisotopic (exact) mass is 547 g/mol. The lowest BCUT2D eigenvalue weighted by molar-refractivity contribution is -0.119. The molecule has 2 N–H and O–H groups in total. The second-order valence-corrected chi connectivity index (χ2v) is 11.5. The average Bonchev–Trinajstić information content (AvgIpc) is 3.65. The lowest BCUT2D eigenvalue weighted by Gasteiger charge is -2.42. The number of anilines is 3. The highest BCUT2D eigenvalue weighted by molar-refractivity contribution is 5.97. The first-order valence-corrected chi connectivity index (χ1v) is 14.7. The van der Waals surface area contributed by atoms with Crippen LogP contribution in [0, 0.1) is 0 Å². The quantitative estimate of drug-likeness (QED) is 0.461. The van der Waals surface area contributed by atoms with Gasteiger partial charge in [0.05, 0.1) is 11.9 Å². The molecule has 3 fully saturated rings. The van der Waals surface area contributed by atoms with Crippen LogP contribution in [-0.2, 0) is 0 Å². The second-order valence-electron chi connectivity index (χ2n) is 11.5. The predicted molar refractivity (Wildman–Crippen MR) is 156 cm³/mol. The highest BCUT2D eigenvalue weighted by atomic mass is 16.3. The van der Waals surface area contributed by atoms with Gasteiger partial charge in [-0.2, -0.15) is 4.98 Å². The maximum absolute atomic E-state index is 13.0. The van der Waals surface area contributed by atoms with Crippen molar-refractivity contribution in [3.8, 4) is 0 Å². The number of nitrogens with zero attached hydrogens (tertiary/aromatic N) is 8. The van der Waals surface area contributed by atoms with Gasteiger partial charge in [0.15, 0.2) is 6.35 Å². The molecular formula is C29H41N9O2. The molecule has 2 saturated heterocycles. The first kappa shape index (κ1) is 26.9. The number of piperidine rings is 1. The van der Waals surface area contributed by atoms with Gasteiger partial charge >= 0.3 is 0 Å². The second kappa shape index (κ2) is 11.7. The fourth-order valence-corrected chi connectivity index (χ4v) is 6.35. The minimum atomic E-state index is -0.476. The summed E-state index contributed by atoms with van der Waals surface area (Å²) in [4.78, 5) is 35.3. The molecule has 0 radical (unpaired) electrons. The Hall–Kier alpha value is -3.28. The van der Waals surface area contributed by atoms with E-state index in [0.29, 0.717) is 17.5 Å². The van der Waals surface area contributed by atoms with Crippen molar-refractivity contribution in [2.75, 3.05) is 63.6 Å². The molecule has 40 heavy (non-hydrogen) atoms. The van der Waals surface area contributed by atoms with Crippen LogP contribution < -0.4 is 10.2 Å². The standard InChI is InChI=1S/C29H41N9O2/c1-34(2)27(39)24-18-21-19-31-28(33-26(21)38(24)22-8-4-5-9-22)32-25-11-10-23(20-30-25)35-14-16-37(17-15-35)29(40)36-12-6-3-7-13-36/h10-11,18-20,22,29,40H,3-9,12-17H2,1-2H3,(H,30,31,32,33). The molecule has 214 valence electrons. The van der Waals surface area contributed by atoms with Gasteiger partial charge in [-0.3, -0.25) is 14.6 Å². The van der Waals surface area contributed by atoms with E-state index in [9.17, 15) is 9.90 Å². The van der Waals surface area contributed by atoms with Crippen LogP contribution in [-0.4, -0.2) is 105 Å². The fraction of sp³-hybridized carbons (Fsp3) is 0.586. The molecule has 11 heteroatoms. The molecule has 1 atom stereocenters. The zero-order valence-corrected chi connectivity index (χ0v) is 23.7. The minimum absolute atomic E-state index is 0.0153. The Morgan fingerprint density at radius 2 is 1.68 bits per heavy atom. The van der Waals surface area contributed by atoms with Gasteiger partial charge in [-0.1, -0.05) is 19.3 Å². The van der Waals surface area contributed by atoms with E-state index in [1.165, 1.54) is 32.1 Å². The summed E-state index contributed by atoms with van der Waals surface area (Å²) in [7, 11) is 3.57. The number of fused-ring (bicyclic) bond motifs is 1. The molecule has 0 bridgehead atoms. The number of aromatic nitrogens is 4. The molecule has 0 aromatic carbocycles. The molecule has 0 spiro atoms. The molecule has 1 amide bonds. The van der Waals surface area contributed by atoms with Crippen LogP contribution in [0.4, 0.5) is 17.5 Å². The number of amides is 1. The van der Waals surface area contributed by atoms with Crippen molar-refractivity contribution in [3.63, 3.8) is 0 Å². The average molecular weight is 548 g/mol. The number of aliphatic hydroxyl groups is 1. The number of hydrogen-bond acceptors (Lipinski definition) is 9. The zero-order valence-electron chi connectivity index (χ0n) is 23.7. The summed E-state index contributed by atoms with van der Waals surface area (Å²) in [6.45, 7) is 5.32. The number of carbonyl (C=O) groups is 1. The highest BCUT2D eigenvalue weighted by Crippen LogP contribution is 2.35. The lowest BCUT2D eigenvalue weighted by atomic mass is 10.1. The molecule has 1 unspecified atom stereocenters. The van der Waals surface area contributed by atoms with Gasteiger partial charge in [0.25, 0.3) is 5.91 Å². The van der Waals surface area contributed by atoms with Gasteiger partial charge in [-0.05, 0) is 43.9 Å². The number of carbonyl (C=O) groups excluding carboxylic acids is 1. The first-order valence-electron chi connectivity index (χ1n) is 14.7. The Kier molecular flexibility index (Phi) is 7.86. The van der Waals surface area contributed by atoms with Crippen LogP contribution >= 0.6 is 0 Å². The molecule has 1 saturated carbocycles. The summed E-state index contributed by atoms with van der Waals surface area (Å²) in [5.41, 5.74) is 2.52. The summed E-state index contributed by atoms with van der Waals surface area (Å²) in [6, 6.07) is 6.21. The summed E-state index contributed by atoms with van der Waals surface area (Å²) in [6.07, 6.45) is 11.2. The lowest BCUT2D eigenvalue weighted by Crippen LogP contribution is -2.56. The van der Waals surface area contributed by atoms with Crippen molar-refractivity contribution in [2.24, 2.45) is 0 Å². The Labute approximate surface area is 235 Å². The SMILES string of the molecule is CN(C)C(=O)c1cc2cnc(Nc3ccc(N4CCN(C(O)N5CCCCC5)CC4)cn3)nc2n1C1CCCC1. The molecule has 6 rings (SSSR count). The van der Waals surface area contributed by atoms with Gasteiger partial charge in [-0.25, -0.2) is 9.97 Å². The van der Waals surface area contributed by atoms with Crippen LogP contribution in [0.25, 0.3) is 11.0 Å². The highest BCUT2D eigenvalue weighted by Gasteiger charge is 2.28. The molecule has 3 aliphatic rings. The zero-order chi connectivity index (χ0) is 27.6. The maximum Gasteiger partial charge on any atom is 0.270 e. The number of piperazine rings is 1. The van der Waals surface area contributed by atoms with Crippen molar-refractivity contribution in [1.29, 1.82) is 0 Å². The minimum Gasteiger partial charge on any atom is -0.368 e. The van der Waals surface area contributed by atoms with E-state index in [-0.39, 0.29) is 11.9 Å². The molecule has 11 nitrogen and oxygen atoms in total. The Morgan fingerprint density at radius 1 is 0.950 bits per heavy atom. The van der Waals surface area contributed by atoms with E-state index >= 15 is 0 Å². The smallest absolute Gasteiger partial charge is 0.270 e. The van der Waals surface area contributed by atoms with Crippen molar-refractivity contribution in [2.45, 2.75) is 57.3 Å². The van der Waals surface area contributed by atoms with Gasteiger partial charge in [0, 0.05) is 71.0 Å². The van der Waals surface area contributed by atoms with Crippen LogP contribution in [0.2, 0.25) is 0 Å². The summed E-state index contributed by atoms with van der Waals surface area (Å²) < 4.78 is 2.12.